The fraction of sp³-hybridized carbons (Fsp3) is 1.00. The predicted molar refractivity (Wildman–Crippen MR) is 62.9 cm³/mol. The first-order valence-corrected chi connectivity index (χ1v) is 5.91. The van der Waals surface area contributed by atoms with Gasteiger partial charge in [0.25, 0.3) is 0 Å². The molecule has 0 unspecified atom stereocenters. The molecule has 0 amide bonds. The van der Waals surface area contributed by atoms with Crippen LogP contribution in [0.5, 0.6) is 0 Å². The lowest BCUT2D eigenvalue weighted by Gasteiger charge is -2.13. The number of hydrogen-bond acceptors (Lipinski definition) is 0. The van der Waals surface area contributed by atoms with Crippen molar-refractivity contribution in [2.24, 2.45) is 0 Å². The molecule has 94 valence electrons. The monoisotopic (exact) mass is 582 g/mol. The molecule has 0 rings (SSSR count). The van der Waals surface area contributed by atoms with Crippen LogP contribution in [0.15, 0.2) is 0 Å². The van der Waals surface area contributed by atoms with Gasteiger partial charge >= 0.3 is 18.2 Å². The summed E-state index contributed by atoms with van der Waals surface area (Å²) in [7, 11) is 0. The molecule has 0 aromatic rings. The Bertz CT molecular complexity index is 164. The minimum absolute atomic E-state index is 0.383. The topological polar surface area (TPSA) is 0 Å². The number of hydrogen-bond donors (Lipinski definition) is 0. The Balaban J connectivity index is 0. The van der Waals surface area contributed by atoms with Crippen molar-refractivity contribution in [1.29, 1.82) is 0 Å². The summed E-state index contributed by atoms with van der Waals surface area (Å²) < 4.78 is 77.8. The highest BCUT2D eigenvalue weighted by Crippen LogP contribution is 2.44. The molecular weight excluding hydrogens is 581 g/mol. The van der Waals surface area contributed by atoms with Gasteiger partial charge in [0.2, 0.25) is 0 Å². The smallest absolute Gasteiger partial charge is 0.203 e. The van der Waals surface area contributed by atoms with E-state index in [4.69, 9.17) is 0 Å². The van der Waals surface area contributed by atoms with Crippen molar-refractivity contribution in [3.8, 4) is 0 Å². The highest BCUT2D eigenvalue weighted by molar-refractivity contribution is 14.1. The Morgan fingerprint density at radius 3 is 0.800 bits per heavy atom. The van der Waals surface area contributed by atoms with E-state index < -0.39 is 18.2 Å². The van der Waals surface area contributed by atoms with E-state index >= 15 is 0 Å². The zero-order chi connectivity index (χ0) is 13.1. The van der Waals surface area contributed by atoms with E-state index in [1.165, 1.54) is 0 Å². The van der Waals surface area contributed by atoms with Crippen LogP contribution in [-0.2, 0) is 0 Å². The largest absolute Gasteiger partial charge is 0.367 e. The van der Waals surface area contributed by atoms with Crippen LogP contribution in [0.3, 0.4) is 0 Å². The maximum absolute atomic E-state index is 11.5. The minimum Gasteiger partial charge on any atom is -0.203 e. The molecule has 0 heterocycles. The van der Waals surface area contributed by atoms with Gasteiger partial charge in [-0.3, -0.25) is 0 Å². The van der Waals surface area contributed by atoms with E-state index in [-0.39, 0.29) is 0 Å². The standard InChI is InChI=1S/C2F4I2.C2HF4I/c3-1(4,7)2(5,6)8;3-1(4)2(5,6)7/h;1H. The SMILES string of the molecule is FC(F)(I)C(F)(F)I.FC(F)C(F)(F)I. The van der Waals surface area contributed by atoms with Gasteiger partial charge in [0.15, 0.2) is 0 Å². The van der Waals surface area contributed by atoms with Crippen LogP contribution in [0.4, 0.5) is 35.1 Å². The third-order valence-electron chi connectivity index (χ3n) is 0.569. The van der Waals surface area contributed by atoms with E-state index in [0.29, 0.717) is 67.8 Å². The molecule has 0 bridgehead atoms. The van der Waals surface area contributed by atoms with Gasteiger partial charge in [-0.15, -0.1) is 0 Å². The summed E-state index contributed by atoms with van der Waals surface area (Å²) in [4.78, 5) is 0. The van der Waals surface area contributed by atoms with E-state index in [9.17, 15) is 35.1 Å². The van der Waals surface area contributed by atoms with Crippen LogP contribution in [0.25, 0.3) is 0 Å². The lowest BCUT2D eigenvalue weighted by molar-refractivity contribution is -0.0561. The summed E-state index contributed by atoms with van der Waals surface area (Å²) in [5, 5.41) is 0. The molecule has 0 saturated carbocycles. The number of alkyl halides is 11. The van der Waals surface area contributed by atoms with Gasteiger partial charge in [-0.25, -0.2) is 8.78 Å². The number of rotatable bonds is 2. The summed E-state index contributed by atoms with van der Waals surface area (Å²) in [6.07, 6.45) is -3.55. The molecule has 0 aliphatic carbocycles. The van der Waals surface area contributed by atoms with E-state index in [1.807, 2.05) is 0 Å². The molecule has 0 radical (unpaired) electrons. The molecular formula is C4HF8I3. The second-order valence-corrected chi connectivity index (χ2v) is 5.99. The third kappa shape index (κ3) is 10.5. The van der Waals surface area contributed by atoms with Gasteiger partial charge in [0.05, 0.1) is 0 Å². The zero-order valence-corrected chi connectivity index (χ0v) is 12.7. The second-order valence-electron chi connectivity index (χ2n) is 1.84. The van der Waals surface area contributed by atoms with E-state index in [0.717, 1.165) is 0 Å². The van der Waals surface area contributed by atoms with Gasteiger partial charge in [0.1, 0.15) is 0 Å². The van der Waals surface area contributed by atoms with Gasteiger partial charge < -0.3 is 0 Å². The fourth-order valence-corrected chi connectivity index (χ4v) is 0. The Kier molecular flexibility index (Phi) is 8.27. The van der Waals surface area contributed by atoms with Crippen LogP contribution in [-0.4, -0.2) is 18.2 Å². The molecule has 0 spiro atoms. The summed E-state index contributed by atoms with van der Waals surface area (Å²) >= 11 is 1.17. The van der Waals surface area contributed by atoms with E-state index in [1.54, 1.807) is 0 Å². The fourth-order valence-electron chi connectivity index (χ4n) is 0. The first-order valence-electron chi connectivity index (χ1n) is 2.68. The van der Waals surface area contributed by atoms with Crippen LogP contribution in [0.1, 0.15) is 0 Å². The van der Waals surface area contributed by atoms with Gasteiger partial charge in [-0.1, -0.05) is 0 Å². The lowest BCUT2D eigenvalue weighted by atomic mass is 10.8. The Labute approximate surface area is 120 Å². The average molecular weight is 582 g/mol. The molecule has 0 N–H and O–H groups in total. The predicted octanol–water partition coefficient (Wildman–Crippen LogP) is 5.32. The van der Waals surface area contributed by atoms with Crippen molar-refractivity contribution in [1.82, 2.24) is 0 Å². The highest BCUT2D eigenvalue weighted by Gasteiger charge is 2.51. The summed E-state index contributed by atoms with van der Waals surface area (Å²) in [5.74, 6) is 0. The van der Waals surface area contributed by atoms with Gasteiger partial charge in [-0.2, -0.15) is 26.3 Å². The maximum atomic E-state index is 11.5. The normalized spacial score (nSPS) is 13.6. The molecule has 15 heavy (non-hydrogen) atoms. The van der Waals surface area contributed by atoms with Gasteiger partial charge in [0, 0.05) is 67.8 Å². The molecule has 0 saturated heterocycles. The van der Waals surface area contributed by atoms with Crippen molar-refractivity contribution < 1.29 is 35.1 Å². The quantitative estimate of drug-likeness (QED) is 0.235. The van der Waals surface area contributed by atoms with Crippen molar-refractivity contribution in [2.45, 2.75) is 18.2 Å². The van der Waals surface area contributed by atoms with Crippen molar-refractivity contribution >= 4 is 67.8 Å². The number of halogens is 11. The molecule has 11 heteroatoms. The van der Waals surface area contributed by atoms with Crippen molar-refractivity contribution in [3.05, 3.63) is 0 Å². The molecule has 0 aliphatic rings. The van der Waals surface area contributed by atoms with Crippen LogP contribution < -0.4 is 0 Å². The molecule has 0 atom stereocenters. The molecule has 0 aromatic carbocycles. The Morgan fingerprint density at radius 1 is 0.667 bits per heavy atom. The second kappa shape index (κ2) is 6.53. The zero-order valence-electron chi connectivity index (χ0n) is 6.23. The lowest BCUT2D eigenvalue weighted by Crippen LogP contribution is -2.27. The first kappa shape index (κ1) is 19.0. The van der Waals surface area contributed by atoms with Crippen LogP contribution >= 0.6 is 67.8 Å². The Hall–Kier alpha value is 1.63. The highest BCUT2D eigenvalue weighted by atomic mass is 127. The Morgan fingerprint density at radius 2 is 0.800 bits per heavy atom. The third-order valence-corrected chi connectivity index (χ3v) is 3.43. The maximum Gasteiger partial charge on any atom is 0.367 e. The molecule has 0 aromatic heterocycles. The summed E-state index contributed by atoms with van der Waals surface area (Å²) in [6.45, 7) is 0. The molecule has 0 nitrogen and oxygen atoms in total. The summed E-state index contributed by atoms with van der Waals surface area (Å²) in [6, 6.07) is 0. The summed E-state index contributed by atoms with van der Waals surface area (Å²) in [5.41, 5.74) is 0. The van der Waals surface area contributed by atoms with Gasteiger partial charge in [-0.05, 0) is 0 Å². The van der Waals surface area contributed by atoms with Crippen molar-refractivity contribution in [2.75, 3.05) is 0 Å². The van der Waals surface area contributed by atoms with Crippen LogP contribution in [0.2, 0.25) is 0 Å². The van der Waals surface area contributed by atoms with E-state index in [2.05, 4.69) is 0 Å². The molecule has 0 fully saturated rings. The van der Waals surface area contributed by atoms with Crippen molar-refractivity contribution in [3.63, 3.8) is 0 Å². The first-order chi connectivity index (χ1) is 6.19. The molecule has 0 aliphatic heterocycles. The van der Waals surface area contributed by atoms with Crippen LogP contribution in [0, 0.1) is 0 Å². The average Bonchev–Trinajstić information content (AvgIpc) is 1.80. The minimum atomic E-state index is -3.94.